The molecule has 0 unspecified atom stereocenters. The molecule has 0 radical (unpaired) electrons. The van der Waals surface area contributed by atoms with Crippen LogP contribution < -0.4 is 20.5 Å². The van der Waals surface area contributed by atoms with E-state index in [4.69, 9.17) is 15.2 Å². The van der Waals surface area contributed by atoms with Crippen molar-refractivity contribution in [2.24, 2.45) is 11.1 Å². The predicted octanol–water partition coefficient (Wildman–Crippen LogP) is 0.775. The summed E-state index contributed by atoms with van der Waals surface area (Å²) >= 11 is 0. The maximum Gasteiger partial charge on any atom is 0.253 e. The molecule has 3 rings (SSSR count). The van der Waals surface area contributed by atoms with Crippen molar-refractivity contribution < 1.29 is 19.1 Å². The van der Waals surface area contributed by atoms with Crippen LogP contribution in [0.5, 0.6) is 11.5 Å². The lowest BCUT2D eigenvalue weighted by atomic mass is 9.77. The lowest BCUT2D eigenvalue weighted by Crippen LogP contribution is -2.44. The zero-order chi connectivity index (χ0) is 17.9. The second kappa shape index (κ2) is 7.31. The molecule has 0 saturated carbocycles. The number of nitrogens with two attached hydrogens (primary N) is 1. The highest BCUT2D eigenvalue weighted by atomic mass is 16.5. The van der Waals surface area contributed by atoms with Gasteiger partial charge in [-0.1, -0.05) is 0 Å². The van der Waals surface area contributed by atoms with Crippen LogP contribution in [0.4, 0.5) is 0 Å². The van der Waals surface area contributed by atoms with E-state index in [1.54, 1.807) is 25.3 Å². The molecular formula is C18H25N3O4. The van der Waals surface area contributed by atoms with Crippen molar-refractivity contribution in [1.29, 1.82) is 0 Å². The van der Waals surface area contributed by atoms with Gasteiger partial charge in [0.15, 0.2) is 11.5 Å². The SMILES string of the molecule is COc1ccc(C(=O)N2CCC3(CC2)CNC(=O)C3)cc1OCCN. The number of methoxy groups -OCH3 is 1. The minimum atomic E-state index is -0.0209. The summed E-state index contributed by atoms with van der Waals surface area (Å²) in [7, 11) is 1.56. The normalized spacial score (nSPS) is 19.0. The molecule has 25 heavy (non-hydrogen) atoms. The molecule has 2 fully saturated rings. The maximum atomic E-state index is 12.8. The van der Waals surface area contributed by atoms with E-state index in [-0.39, 0.29) is 17.2 Å². The van der Waals surface area contributed by atoms with Gasteiger partial charge in [0, 0.05) is 38.2 Å². The van der Waals surface area contributed by atoms with Crippen molar-refractivity contribution >= 4 is 11.8 Å². The smallest absolute Gasteiger partial charge is 0.253 e. The fourth-order valence-corrected chi connectivity index (χ4v) is 3.56. The number of hydrogen-bond acceptors (Lipinski definition) is 5. The highest BCUT2D eigenvalue weighted by molar-refractivity contribution is 5.95. The van der Waals surface area contributed by atoms with Crippen molar-refractivity contribution in [2.45, 2.75) is 19.3 Å². The highest BCUT2D eigenvalue weighted by Gasteiger charge is 2.41. The molecule has 2 aliphatic rings. The predicted molar refractivity (Wildman–Crippen MR) is 92.7 cm³/mol. The van der Waals surface area contributed by atoms with Crippen LogP contribution in [0.3, 0.4) is 0 Å². The van der Waals surface area contributed by atoms with E-state index < -0.39 is 0 Å². The number of rotatable bonds is 5. The molecule has 2 saturated heterocycles. The van der Waals surface area contributed by atoms with Crippen LogP contribution in [0.15, 0.2) is 18.2 Å². The molecule has 2 amide bonds. The average Bonchev–Trinajstić information content (AvgIpc) is 3.00. The molecule has 2 aliphatic heterocycles. The Hall–Kier alpha value is -2.28. The highest BCUT2D eigenvalue weighted by Crippen LogP contribution is 2.38. The van der Waals surface area contributed by atoms with Crippen molar-refractivity contribution in [1.82, 2.24) is 10.2 Å². The Morgan fingerprint density at radius 2 is 2.08 bits per heavy atom. The number of carbonyl (C=O) groups excluding carboxylic acids is 2. The standard InChI is InChI=1S/C18H25N3O4/c1-24-14-3-2-13(10-15(14)25-9-6-19)17(23)21-7-4-18(5-8-21)11-16(22)20-12-18/h2-3,10H,4-9,11-12,19H2,1H3,(H,20,22). The van der Waals surface area contributed by atoms with E-state index >= 15 is 0 Å². The van der Waals surface area contributed by atoms with E-state index in [2.05, 4.69) is 5.32 Å². The Morgan fingerprint density at radius 1 is 1.32 bits per heavy atom. The van der Waals surface area contributed by atoms with Gasteiger partial charge >= 0.3 is 0 Å². The lowest BCUT2D eigenvalue weighted by Gasteiger charge is -2.38. The third-order valence-corrected chi connectivity index (χ3v) is 5.09. The number of likely N-dealkylation sites (tertiary alicyclic amines) is 1. The number of ether oxygens (including phenoxy) is 2. The monoisotopic (exact) mass is 347 g/mol. The Morgan fingerprint density at radius 3 is 2.68 bits per heavy atom. The summed E-state index contributed by atoms with van der Waals surface area (Å²) in [4.78, 5) is 26.2. The van der Waals surface area contributed by atoms with E-state index in [0.29, 0.717) is 49.7 Å². The van der Waals surface area contributed by atoms with Gasteiger partial charge in [-0.3, -0.25) is 9.59 Å². The largest absolute Gasteiger partial charge is 0.493 e. The van der Waals surface area contributed by atoms with Gasteiger partial charge in [-0.25, -0.2) is 0 Å². The average molecular weight is 347 g/mol. The van der Waals surface area contributed by atoms with E-state index in [0.717, 1.165) is 19.4 Å². The fourth-order valence-electron chi connectivity index (χ4n) is 3.56. The van der Waals surface area contributed by atoms with Crippen LogP contribution in [0.2, 0.25) is 0 Å². The summed E-state index contributed by atoms with van der Waals surface area (Å²) in [5.41, 5.74) is 6.08. The Kier molecular flexibility index (Phi) is 5.13. The molecule has 0 bridgehead atoms. The van der Waals surface area contributed by atoms with Gasteiger partial charge in [-0.05, 0) is 36.5 Å². The zero-order valence-corrected chi connectivity index (χ0v) is 14.5. The molecule has 0 aromatic heterocycles. The molecule has 1 aromatic carbocycles. The van der Waals surface area contributed by atoms with Gasteiger partial charge in [-0.2, -0.15) is 0 Å². The number of carbonyl (C=O) groups is 2. The number of piperidine rings is 1. The third kappa shape index (κ3) is 3.71. The Balaban J connectivity index is 1.68. The van der Waals surface area contributed by atoms with Crippen LogP contribution in [-0.2, 0) is 4.79 Å². The van der Waals surface area contributed by atoms with Crippen LogP contribution >= 0.6 is 0 Å². The van der Waals surface area contributed by atoms with Crippen LogP contribution in [0.25, 0.3) is 0 Å². The van der Waals surface area contributed by atoms with Crippen molar-refractivity contribution in [2.75, 3.05) is 39.9 Å². The second-order valence-corrected chi connectivity index (χ2v) is 6.75. The summed E-state index contributed by atoms with van der Waals surface area (Å²) in [6, 6.07) is 5.20. The molecule has 0 aliphatic carbocycles. The van der Waals surface area contributed by atoms with Crippen LogP contribution in [0, 0.1) is 5.41 Å². The number of nitrogens with zero attached hydrogens (tertiary/aromatic N) is 1. The molecule has 136 valence electrons. The minimum Gasteiger partial charge on any atom is -0.493 e. The summed E-state index contributed by atoms with van der Waals surface area (Å²) in [5, 5.41) is 2.91. The summed E-state index contributed by atoms with van der Waals surface area (Å²) in [6.45, 7) is 2.81. The van der Waals surface area contributed by atoms with Crippen LogP contribution in [0.1, 0.15) is 29.6 Å². The first kappa shape index (κ1) is 17.5. The first-order valence-corrected chi connectivity index (χ1v) is 8.64. The number of hydrogen-bond donors (Lipinski definition) is 2. The third-order valence-electron chi connectivity index (χ3n) is 5.09. The number of amides is 2. The molecule has 1 aromatic rings. The van der Waals surface area contributed by atoms with Gasteiger partial charge in [-0.15, -0.1) is 0 Å². The first-order valence-electron chi connectivity index (χ1n) is 8.64. The van der Waals surface area contributed by atoms with Crippen molar-refractivity contribution in [3.63, 3.8) is 0 Å². The molecule has 3 N–H and O–H groups in total. The van der Waals surface area contributed by atoms with Gasteiger partial charge < -0.3 is 25.4 Å². The molecule has 7 nitrogen and oxygen atoms in total. The van der Waals surface area contributed by atoms with Crippen molar-refractivity contribution in [3.8, 4) is 11.5 Å². The summed E-state index contributed by atoms with van der Waals surface area (Å²) in [5.74, 6) is 1.21. The van der Waals surface area contributed by atoms with E-state index in [1.807, 2.05) is 4.90 Å². The van der Waals surface area contributed by atoms with E-state index in [1.165, 1.54) is 0 Å². The first-order chi connectivity index (χ1) is 12.1. The van der Waals surface area contributed by atoms with Gasteiger partial charge in [0.1, 0.15) is 6.61 Å². The Labute approximate surface area is 147 Å². The van der Waals surface area contributed by atoms with Gasteiger partial charge in [0.2, 0.25) is 5.91 Å². The number of nitrogens with one attached hydrogen (secondary N) is 1. The van der Waals surface area contributed by atoms with Gasteiger partial charge in [0.05, 0.1) is 7.11 Å². The molecule has 0 atom stereocenters. The number of benzene rings is 1. The zero-order valence-electron chi connectivity index (χ0n) is 14.5. The fraction of sp³-hybridized carbons (Fsp3) is 0.556. The second-order valence-electron chi connectivity index (χ2n) is 6.75. The summed E-state index contributed by atoms with van der Waals surface area (Å²) in [6.07, 6.45) is 2.28. The lowest BCUT2D eigenvalue weighted by molar-refractivity contribution is -0.119. The summed E-state index contributed by atoms with van der Waals surface area (Å²) < 4.78 is 10.8. The topological polar surface area (TPSA) is 93.9 Å². The molecular weight excluding hydrogens is 322 g/mol. The quantitative estimate of drug-likeness (QED) is 0.821. The molecule has 7 heteroatoms. The minimum absolute atomic E-state index is 0.0209. The molecule has 1 spiro atoms. The maximum absolute atomic E-state index is 12.8. The van der Waals surface area contributed by atoms with Gasteiger partial charge in [0.25, 0.3) is 5.91 Å². The van der Waals surface area contributed by atoms with E-state index in [9.17, 15) is 9.59 Å². The van der Waals surface area contributed by atoms with Crippen molar-refractivity contribution in [3.05, 3.63) is 23.8 Å². The van der Waals surface area contributed by atoms with Crippen LogP contribution in [-0.4, -0.2) is 56.6 Å². The molecule has 2 heterocycles. The Bertz CT molecular complexity index is 654.